The highest BCUT2D eigenvalue weighted by Gasteiger charge is 2.22. The fraction of sp³-hybridized carbons (Fsp3) is 0.611. The van der Waals surface area contributed by atoms with Gasteiger partial charge in [0.1, 0.15) is 5.75 Å². The summed E-state index contributed by atoms with van der Waals surface area (Å²) in [5.74, 6) is 1.51. The highest BCUT2D eigenvalue weighted by Crippen LogP contribution is 2.23. The van der Waals surface area contributed by atoms with Crippen molar-refractivity contribution in [3.8, 4) is 5.75 Å². The average molecular weight is 304 g/mol. The minimum absolute atomic E-state index is 0.0466. The van der Waals surface area contributed by atoms with E-state index in [1.165, 1.54) is 19.3 Å². The Kier molecular flexibility index (Phi) is 6.56. The molecule has 1 saturated carbocycles. The highest BCUT2D eigenvalue weighted by atomic mass is 16.5. The molecule has 0 aromatic heterocycles. The molecule has 1 fully saturated rings. The van der Waals surface area contributed by atoms with E-state index in [0.717, 1.165) is 24.2 Å². The van der Waals surface area contributed by atoms with Crippen molar-refractivity contribution in [2.24, 2.45) is 5.92 Å². The number of para-hydroxylation sites is 1. The van der Waals surface area contributed by atoms with Crippen LogP contribution in [0.2, 0.25) is 0 Å². The monoisotopic (exact) mass is 304 g/mol. The molecule has 1 aromatic carbocycles. The van der Waals surface area contributed by atoms with Crippen LogP contribution >= 0.6 is 0 Å². The van der Waals surface area contributed by atoms with Crippen molar-refractivity contribution in [3.63, 3.8) is 0 Å². The summed E-state index contributed by atoms with van der Waals surface area (Å²) in [5.41, 5.74) is 1.14. The number of amides is 2. The second-order valence-electron chi connectivity index (χ2n) is 6.24. The van der Waals surface area contributed by atoms with Gasteiger partial charge in [-0.25, -0.2) is 4.79 Å². The summed E-state index contributed by atoms with van der Waals surface area (Å²) in [6.07, 6.45) is 5.64. The molecule has 0 heterocycles. The smallest absolute Gasteiger partial charge is 0.315 e. The van der Waals surface area contributed by atoms with Crippen molar-refractivity contribution < 1.29 is 9.53 Å². The van der Waals surface area contributed by atoms with E-state index in [4.69, 9.17) is 4.74 Å². The first kappa shape index (κ1) is 16.7. The molecule has 122 valence electrons. The molecule has 0 saturated heterocycles. The number of hydrogen-bond donors (Lipinski definition) is 2. The van der Waals surface area contributed by atoms with Crippen LogP contribution in [0.4, 0.5) is 4.79 Å². The third-order valence-electron chi connectivity index (χ3n) is 4.39. The first-order valence-electron chi connectivity index (χ1n) is 8.39. The van der Waals surface area contributed by atoms with Crippen LogP contribution in [0.1, 0.15) is 44.6 Å². The zero-order chi connectivity index (χ0) is 15.8. The maximum Gasteiger partial charge on any atom is 0.315 e. The molecule has 4 nitrogen and oxygen atoms in total. The summed E-state index contributed by atoms with van der Waals surface area (Å²) in [6, 6.07) is 8.26. The van der Waals surface area contributed by atoms with Crippen LogP contribution in [0.25, 0.3) is 0 Å². The minimum atomic E-state index is -0.0466. The predicted molar refractivity (Wildman–Crippen MR) is 89.2 cm³/mol. The summed E-state index contributed by atoms with van der Waals surface area (Å²) in [4.78, 5) is 11.9. The second-order valence-corrected chi connectivity index (χ2v) is 6.24. The molecule has 2 amide bonds. The zero-order valence-corrected chi connectivity index (χ0v) is 13.7. The first-order valence-corrected chi connectivity index (χ1v) is 8.39. The van der Waals surface area contributed by atoms with Gasteiger partial charge in [0.05, 0.1) is 6.61 Å². The van der Waals surface area contributed by atoms with Crippen molar-refractivity contribution in [2.45, 2.75) is 52.0 Å². The summed E-state index contributed by atoms with van der Waals surface area (Å²) >= 11 is 0. The molecule has 1 aliphatic rings. The highest BCUT2D eigenvalue weighted by molar-refractivity contribution is 5.74. The lowest BCUT2D eigenvalue weighted by atomic mass is 9.86. The lowest BCUT2D eigenvalue weighted by Crippen LogP contribution is -2.46. The van der Waals surface area contributed by atoms with Crippen LogP contribution in [0.15, 0.2) is 24.3 Å². The van der Waals surface area contributed by atoms with Crippen LogP contribution in [0, 0.1) is 12.8 Å². The number of carbonyl (C=O) groups is 1. The summed E-state index contributed by atoms with van der Waals surface area (Å²) in [5, 5.41) is 6.02. The Morgan fingerprint density at radius 2 is 2.05 bits per heavy atom. The molecule has 2 rings (SSSR count). The van der Waals surface area contributed by atoms with Gasteiger partial charge in [-0.1, -0.05) is 38.0 Å². The first-order chi connectivity index (χ1) is 10.7. The Hall–Kier alpha value is -1.71. The van der Waals surface area contributed by atoms with Crippen LogP contribution in [0.3, 0.4) is 0 Å². The average Bonchev–Trinajstić information content (AvgIpc) is 2.51. The van der Waals surface area contributed by atoms with Gasteiger partial charge in [-0.15, -0.1) is 0 Å². The second kappa shape index (κ2) is 8.66. The normalized spacial score (nSPS) is 21.2. The van der Waals surface area contributed by atoms with Gasteiger partial charge in [-0.3, -0.25) is 0 Å². The molecule has 0 radical (unpaired) electrons. The van der Waals surface area contributed by atoms with Crippen LogP contribution in [0.5, 0.6) is 5.75 Å². The molecule has 2 unspecified atom stereocenters. The molecule has 1 aromatic rings. The Morgan fingerprint density at radius 1 is 1.27 bits per heavy atom. The van der Waals surface area contributed by atoms with E-state index >= 15 is 0 Å². The van der Waals surface area contributed by atoms with Crippen molar-refractivity contribution in [2.75, 3.05) is 13.2 Å². The Bertz CT molecular complexity index is 476. The molecule has 2 N–H and O–H groups in total. The molecule has 1 aliphatic carbocycles. The quantitative estimate of drug-likeness (QED) is 0.788. The van der Waals surface area contributed by atoms with Gasteiger partial charge >= 0.3 is 6.03 Å². The number of urea groups is 1. The largest absolute Gasteiger partial charge is 0.493 e. The number of hydrogen-bond acceptors (Lipinski definition) is 2. The fourth-order valence-electron chi connectivity index (χ4n) is 2.92. The summed E-state index contributed by atoms with van der Waals surface area (Å²) < 4.78 is 5.71. The van der Waals surface area contributed by atoms with Crippen LogP contribution in [-0.2, 0) is 0 Å². The third kappa shape index (κ3) is 5.24. The number of aryl methyl sites for hydroxylation is 1. The standard InChI is InChI=1S/C18H28N2O2/c1-14-8-3-5-10-16(14)20-18(21)19-12-7-13-22-17-11-6-4-9-15(17)2/h4,6,9,11,14,16H,3,5,7-8,10,12-13H2,1-2H3,(H2,19,20,21). The van der Waals surface area contributed by atoms with E-state index in [-0.39, 0.29) is 6.03 Å². The maximum atomic E-state index is 11.9. The van der Waals surface area contributed by atoms with Crippen LogP contribution in [-0.4, -0.2) is 25.2 Å². The molecule has 0 spiro atoms. The van der Waals surface area contributed by atoms with Gasteiger partial charge in [-0.2, -0.15) is 0 Å². The topological polar surface area (TPSA) is 50.4 Å². The molecule has 0 aliphatic heterocycles. The van der Waals surface area contributed by atoms with Gasteiger partial charge in [0.25, 0.3) is 0 Å². The lowest BCUT2D eigenvalue weighted by Gasteiger charge is -2.29. The third-order valence-corrected chi connectivity index (χ3v) is 4.39. The molecule has 0 bridgehead atoms. The minimum Gasteiger partial charge on any atom is -0.493 e. The van der Waals surface area contributed by atoms with E-state index in [1.54, 1.807) is 0 Å². The van der Waals surface area contributed by atoms with Gasteiger partial charge in [0, 0.05) is 12.6 Å². The summed E-state index contributed by atoms with van der Waals surface area (Å²) in [7, 11) is 0. The van der Waals surface area contributed by atoms with E-state index in [2.05, 4.69) is 17.6 Å². The van der Waals surface area contributed by atoms with Crippen LogP contribution < -0.4 is 15.4 Å². The molecule has 22 heavy (non-hydrogen) atoms. The molecule has 2 atom stereocenters. The van der Waals surface area contributed by atoms with Crippen molar-refractivity contribution in [1.82, 2.24) is 10.6 Å². The van der Waals surface area contributed by atoms with E-state index in [0.29, 0.717) is 25.1 Å². The van der Waals surface area contributed by atoms with E-state index in [9.17, 15) is 4.79 Å². The van der Waals surface area contributed by atoms with Gasteiger partial charge in [-0.05, 0) is 43.7 Å². The Morgan fingerprint density at radius 3 is 2.82 bits per heavy atom. The lowest BCUT2D eigenvalue weighted by molar-refractivity contribution is 0.220. The number of ether oxygens (including phenoxy) is 1. The van der Waals surface area contributed by atoms with Crippen molar-refractivity contribution in [3.05, 3.63) is 29.8 Å². The Balaban J connectivity index is 1.58. The summed E-state index contributed by atoms with van der Waals surface area (Å²) in [6.45, 7) is 5.51. The number of rotatable bonds is 6. The Labute approximate surface area is 133 Å². The van der Waals surface area contributed by atoms with Gasteiger partial charge in [0.15, 0.2) is 0 Å². The fourth-order valence-corrected chi connectivity index (χ4v) is 2.92. The number of carbonyl (C=O) groups excluding carboxylic acids is 1. The number of benzene rings is 1. The molecular formula is C18H28N2O2. The van der Waals surface area contributed by atoms with E-state index < -0.39 is 0 Å². The SMILES string of the molecule is Cc1ccccc1OCCCNC(=O)NC1CCCCC1C. The predicted octanol–water partition coefficient (Wildman–Crippen LogP) is 3.64. The van der Waals surface area contributed by atoms with Gasteiger partial charge < -0.3 is 15.4 Å². The van der Waals surface area contributed by atoms with Gasteiger partial charge in [0.2, 0.25) is 0 Å². The zero-order valence-electron chi connectivity index (χ0n) is 13.7. The van der Waals surface area contributed by atoms with Crippen molar-refractivity contribution >= 4 is 6.03 Å². The number of nitrogens with one attached hydrogen (secondary N) is 2. The molecular weight excluding hydrogens is 276 g/mol. The maximum absolute atomic E-state index is 11.9. The van der Waals surface area contributed by atoms with Crippen molar-refractivity contribution in [1.29, 1.82) is 0 Å². The van der Waals surface area contributed by atoms with E-state index in [1.807, 2.05) is 31.2 Å². The molecule has 4 heteroatoms.